The predicted molar refractivity (Wildman–Crippen MR) is 82.3 cm³/mol. The molecule has 3 N–H and O–H groups in total. The van der Waals surface area contributed by atoms with E-state index in [0.29, 0.717) is 5.75 Å². The van der Waals surface area contributed by atoms with E-state index in [4.69, 9.17) is 25.1 Å². The van der Waals surface area contributed by atoms with Crippen molar-refractivity contribution in [2.75, 3.05) is 20.0 Å². The highest BCUT2D eigenvalue weighted by molar-refractivity contribution is 6.04. The van der Waals surface area contributed by atoms with E-state index >= 15 is 0 Å². The maximum Gasteiger partial charge on any atom is 0.351 e. The van der Waals surface area contributed by atoms with Crippen molar-refractivity contribution in [1.82, 2.24) is 0 Å². The Bertz CT molecular complexity index is 742. The highest BCUT2D eigenvalue weighted by atomic mass is 16.5. The number of carboxylic acids is 1. The molecule has 7 nitrogen and oxygen atoms in total. The number of ether oxygens (including phenoxy) is 3. The third kappa shape index (κ3) is 3.18. The molecule has 7 heteroatoms. The standard InChI is InChI=1S/C16H15NO6/c1-21-11-8-10(15(18)19)13(17)14(22-2)12(11)16(20)23-9-6-4-3-5-7-9/h3-8H,17H2,1-2H3,(H,18,19). The molecule has 0 aliphatic heterocycles. The topological polar surface area (TPSA) is 108 Å². The highest BCUT2D eigenvalue weighted by Crippen LogP contribution is 2.38. The fourth-order valence-corrected chi connectivity index (χ4v) is 2.04. The summed E-state index contributed by atoms with van der Waals surface area (Å²) in [4.78, 5) is 23.6. The van der Waals surface area contributed by atoms with Gasteiger partial charge in [-0.15, -0.1) is 0 Å². The van der Waals surface area contributed by atoms with Gasteiger partial charge in [-0.1, -0.05) is 18.2 Å². The maximum atomic E-state index is 12.4. The number of aromatic carboxylic acids is 1. The van der Waals surface area contributed by atoms with Gasteiger partial charge in [0.05, 0.1) is 25.5 Å². The lowest BCUT2D eigenvalue weighted by Crippen LogP contribution is -2.15. The van der Waals surface area contributed by atoms with Crippen LogP contribution in [0.1, 0.15) is 20.7 Å². The molecule has 0 spiro atoms. The van der Waals surface area contributed by atoms with Crippen LogP contribution in [0.3, 0.4) is 0 Å². The smallest absolute Gasteiger partial charge is 0.351 e. The molecule has 0 bridgehead atoms. The van der Waals surface area contributed by atoms with Gasteiger partial charge in [0.25, 0.3) is 0 Å². The molecule has 2 aromatic carbocycles. The third-order valence-electron chi connectivity index (χ3n) is 3.10. The Kier molecular flexibility index (Phi) is 4.70. The summed E-state index contributed by atoms with van der Waals surface area (Å²) in [6.45, 7) is 0. The molecule has 0 radical (unpaired) electrons. The van der Waals surface area contributed by atoms with Crippen LogP contribution in [0, 0.1) is 0 Å². The SMILES string of the molecule is COc1cc(C(=O)O)c(N)c(OC)c1C(=O)Oc1ccccc1. The minimum absolute atomic E-state index is 0.00520. The number of esters is 1. The number of nitrogen functional groups attached to an aromatic ring is 1. The zero-order valence-corrected chi connectivity index (χ0v) is 12.5. The van der Waals surface area contributed by atoms with Gasteiger partial charge in [-0.05, 0) is 18.2 Å². The van der Waals surface area contributed by atoms with Crippen molar-refractivity contribution in [3.8, 4) is 17.2 Å². The molecule has 0 unspecified atom stereocenters. The number of methoxy groups -OCH3 is 2. The van der Waals surface area contributed by atoms with E-state index in [9.17, 15) is 9.59 Å². The number of anilines is 1. The number of carboxylic acid groups (broad SMARTS) is 1. The van der Waals surface area contributed by atoms with E-state index in [1.165, 1.54) is 14.2 Å². The average molecular weight is 317 g/mol. The predicted octanol–water partition coefficient (Wildman–Crippen LogP) is 2.20. The number of carbonyl (C=O) groups excluding carboxylic acids is 1. The van der Waals surface area contributed by atoms with Crippen LogP contribution < -0.4 is 19.9 Å². The van der Waals surface area contributed by atoms with Gasteiger partial charge in [-0.2, -0.15) is 0 Å². The van der Waals surface area contributed by atoms with Crippen molar-refractivity contribution < 1.29 is 28.9 Å². The highest BCUT2D eigenvalue weighted by Gasteiger charge is 2.27. The molecule has 0 saturated carbocycles. The molecule has 120 valence electrons. The van der Waals surface area contributed by atoms with E-state index in [1.807, 2.05) is 0 Å². The van der Waals surface area contributed by atoms with Crippen LogP contribution in [0.25, 0.3) is 0 Å². The van der Waals surface area contributed by atoms with Crippen molar-refractivity contribution in [2.24, 2.45) is 0 Å². The first-order valence-electron chi connectivity index (χ1n) is 6.54. The Morgan fingerprint density at radius 1 is 1.09 bits per heavy atom. The summed E-state index contributed by atoms with van der Waals surface area (Å²) < 4.78 is 15.4. The van der Waals surface area contributed by atoms with Crippen LogP contribution in [0.5, 0.6) is 17.2 Å². The summed E-state index contributed by atoms with van der Waals surface area (Å²) in [5.74, 6) is -1.82. The number of hydrogen-bond acceptors (Lipinski definition) is 6. The lowest BCUT2D eigenvalue weighted by Gasteiger charge is -2.16. The Balaban J connectivity index is 2.54. The quantitative estimate of drug-likeness (QED) is 0.494. The zero-order chi connectivity index (χ0) is 17.0. The monoisotopic (exact) mass is 317 g/mol. The van der Waals surface area contributed by atoms with E-state index in [0.717, 1.165) is 6.07 Å². The van der Waals surface area contributed by atoms with Gasteiger partial charge < -0.3 is 25.1 Å². The first-order valence-corrected chi connectivity index (χ1v) is 6.54. The molecule has 0 fully saturated rings. The second-order valence-corrected chi connectivity index (χ2v) is 4.46. The lowest BCUT2D eigenvalue weighted by atomic mass is 10.1. The molecule has 0 aliphatic rings. The lowest BCUT2D eigenvalue weighted by molar-refractivity contribution is 0.0689. The molecule has 0 amide bonds. The van der Waals surface area contributed by atoms with Gasteiger partial charge in [0, 0.05) is 0 Å². The normalized spacial score (nSPS) is 10.0. The Morgan fingerprint density at radius 2 is 1.74 bits per heavy atom. The summed E-state index contributed by atoms with van der Waals surface area (Å²) in [6, 6.07) is 9.55. The zero-order valence-electron chi connectivity index (χ0n) is 12.5. The van der Waals surface area contributed by atoms with Gasteiger partial charge in [0.1, 0.15) is 17.1 Å². The molecule has 0 saturated heterocycles. The second-order valence-electron chi connectivity index (χ2n) is 4.46. The summed E-state index contributed by atoms with van der Waals surface area (Å²) >= 11 is 0. The molecular formula is C16H15NO6. The van der Waals surface area contributed by atoms with E-state index in [2.05, 4.69) is 0 Å². The minimum atomic E-state index is -1.26. The number of para-hydroxylation sites is 1. The number of carbonyl (C=O) groups is 2. The van der Waals surface area contributed by atoms with Crippen LogP contribution in [0.15, 0.2) is 36.4 Å². The van der Waals surface area contributed by atoms with E-state index in [-0.39, 0.29) is 28.3 Å². The Labute approximate surface area is 132 Å². The summed E-state index contributed by atoms with van der Waals surface area (Å²) in [5, 5.41) is 9.16. The Morgan fingerprint density at radius 3 is 2.26 bits per heavy atom. The summed E-state index contributed by atoms with van der Waals surface area (Å²) in [5.41, 5.74) is 5.29. The molecule has 0 aromatic heterocycles. The Hall–Kier alpha value is -3.22. The largest absolute Gasteiger partial charge is 0.496 e. The molecule has 2 aromatic rings. The van der Waals surface area contributed by atoms with Crippen molar-refractivity contribution in [3.05, 3.63) is 47.5 Å². The van der Waals surface area contributed by atoms with Crippen molar-refractivity contribution in [1.29, 1.82) is 0 Å². The van der Waals surface area contributed by atoms with Crippen LogP contribution >= 0.6 is 0 Å². The van der Waals surface area contributed by atoms with Gasteiger partial charge in [0.2, 0.25) is 0 Å². The molecule has 0 aliphatic carbocycles. The third-order valence-corrected chi connectivity index (χ3v) is 3.10. The van der Waals surface area contributed by atoms with E-state index < -0.39 is 11.9 Å². The van der Waals surface area contributed by atoms with Crippen molar-refractivity contribution in [2.45, 2.75) is 0 Å². The minimum Gasteiger partial charge on any atom is -0.496 e. The van der Waals surface area contributed by atoms with Crippen LogP contribution in [-0.4, -0.2) is 31.3 Å². The number of benzene rings is 2. The number of nitrogens with two attached hydrogens (primary N) is 1. The first kappa shape index (κ1) is 16.2. The summed E-state index contributed by atoms with van der Waals surface area (Å²) in [7, 11) is 2.58. The molecule has 2 rings (SSSR count). The van der Waals surface area contributed by atoms with Gasteiger partial charge in [-0.3, -0.25) is 0 Å². The average Bonchev–Trinajstić information content (AvgIpc) is 2.54. The van der Waals surface area contributed by atoms with Crippen LogP contribution in [0.2, 0.25) is 0 Å². The van der Waals surface area contributed by atoms with Crippen LogP contribution in [-0.2, 0) is 0 Å². The van der Waals surface area contributed by atoms with Crippen LogP contribution in [0.4, 0.5) is 5.69 Å². The second kappa shape index (κ2) is 6.69. The van der Waals surface area contributed by atoms with E-state index in [1.54, 1.807) is 30.3 Å². The van der Waals surface area contributed by atoms with Gasteiger partial charge in [-0.25, -0.2) is 9.59 Å². The fraction of sp³-hybridized carbons (Fsp3) is 0.125. The van der Waals surface area contributed by atoms with Crippen molar-refractivity contribution in [3.63, 3.8) is 0 Å². The van der Waals surface area contributed by atoms with Gasteiger partial charge >= 0.3 is 11.9 Å². The number of hydrogen-bond donors (Lipinski definition) is 2. The summed E-state index contributed by atoms with van der Waals surface area (Å²) in [6.07, 6.45) is 0. The van der Waals surface area contributed by atoms with Gasteiger partial charge in [0.15, 0.2) is 5.75 Å². The van der Waals surface area contributed by atoms with Crippen molar-refractivity contribution >= 4 is 17.6 Å². The number of rotatable bonds is 5. The maximum absolute atomic E-state index is 12.4. The molecule has 0 atom stereocenters. The molecular weight excluding hydrogens is 302 g/mol. The molecule has 0 heterocycles. The first-order chi connectivity index (χ1) is 11.0. The fourth-order valence-electron chi connectivity index (χ4n) is 2.04. The molecule has 23 heavy (non-hydrogen) atoms.